The maximum absolute atomic E-state index is 11.8. The highest BCUT2D eigenvalue weighted by atomic mass is 16.5. The van der Waals surface area contributed by atoms with Crippen molar-refractivity contribution in [1.29, 1.82) is 0 Å². The second kappa shape index (κ2) is 6.43. The Balaban J connectivity index is 1.89. The van der Waals surface area contributed by atoms with Gasteiger partial charge in [-0.05, 0) is 48.1 Å². The lowest BCUT2D eigenvalue weighted by atomic mass is 9.43. The predicted octanol–water partition coefficient (Wildman–Crippen LogP) is 2.57. The van der Waals surface area contributed by atoms with E-state index in [1.54, 1.807) is 0 Å². The zero-order chi connectivity index (χ0) is 21.4. The van der Waals surface area contributed by atoms with Gasteiger partial charge in [0, 0.05) is 17.4 Å². The van der Waals surface area contributed by atoms with E-state index in [9.17, 15) is 25.2 Å². The molecule has 1 aliphatic heterocycles. The number of hydrogen-bond acceptors (Lipinski definition) is 6. The molecule has 0 aromatic heterocycles. The lowest BCUT2D eigenvalue weighted by molar-refractivity contribution is -0.240. The van der Waals surface area contributed by atoms with Crippen LogP contribution in [0.4, 0.5) is 0 Å². The lowest BCUT2D eigenvalue weighted by Crippen LogP contribution is -2.69. The highest BCUT2D eigenvalue weighted by Crippen LogP contribution is 2.66. The first-order valence-electron chi connectivity index (χ1n) is 10.5. The molecule has 160 valence electrons. The van der Waals surface area contributed by atoms with Crippen molar-refractivity contribution in [3.8, 4) is 11.5 Å². The minimum absolute atomic E-state index is 0.0279. The van der Waals surface area contributed by atoms with Crippen molar-refractivity contribution in [3.63, 3.8) is 0 Å². The molecule has 6 atom stereocenters. The van der Waals surface area contributed by atoms with Crippen LogP contribution in [0.2, 0.25) is 0 Å². The van der Waals surface area contributed by atoms with E-state index in [2.05, 4.69) is 13.8 Å². The third kappa shape index (κ3) is 2.49. The molecule has 6 nitrogen and oxygen atoms in total. The fraction of sp³-hybridized carbons (Fsp3) is 0.696. The van der Waals surface area contributed by atoms with Crippen molar-refractivity contribution in [2.75, 3.05) is 0 Å². The Morgan fingerprint density at radius 2 is 1.93 bits per heavy atom. The van der Waals surface area contributed by atoms with Crippen LogP contribution in [0.1, 0.15) is 68.4 Å². The molecule has 0 unspecified atom stereocenters. The molecule has 2 fully saturated rings. The number of phenolic OH excluding ortho intramolecular Hbond substituents is 1. The molecular formula is C23H32O6. The van der Waals surface area contributed by atoms with Gasteiger partial charge in [-0.25, -0.2) is 0 Å². The third-order valence-corrected chi connectivity index (χ3v) is 8.57. The van der Waals surface area contributed by atoms with E-state index in [0.717, 1.165) is 12.8 Å². The van der Waals surface area contributed by atoms with Crippen molar-refractivity contribution in [2.24, 2.45) is 22.7 Å². The number of phenols is 1. The number of aldehydes is 1. The largest absolute Gasteiger partial charge is 0.508 e. The minimum Gasteiger partial charge on any atom is -0.508 e. The molecule has 29 heavy (non-hydrogen) atoms. The highest BCUT2D eigenvalue weighted by Gasteiger charge is 2.68. The van der Waals surface area contributed by atoms with Gasteiger partial charge in [0.2, 0.25) is 0 Å². The summed E-state index contributed by atoms with van der Waals surface area (Å²) in [6.07, 6.45) is 1.65. The van der Waals surface area contributed by atoms with E-state index < -0.39 is 28.6 Å². The Bertz CT molecular complexity index is 848. The normalized spacial score (nSPS) is 40.2. The van der Waals surface area contributed by atoms with Gasteiger partial charge in [0.25, 0.3) is 0 Å². The Labute approximate surface area is 171 Å². The Morgan fingerprint density at radius 1 is 1.24 bits per heavy atom. The zero-order valence-corrected chi connectivity index (χ0v) is 17.6. The molecule has 0 saturated heterocycles. The van der Waals surface area contributed by atoms with Gasteiger partial charge in [-0.1, -0.05) is 27.7 Å². The predicted molar refractivity (Wildman–Crippen MR) is 107 cm³/mol. The van der Waals surface area contributed by atoms with Crippen molar-refractivity contribution in [3.05, 3.63) is 22.8 Å². The molecule has 1 spiro atoms. The molecule has 2 saturated carbocycles. The van der Waals surface area contributed by atoms with E-state index in [1.807, 2.05) is 13.8 Å². The van der Waals surface area contributed by atoms with E-state index in [1.165, 1.54) is 6.07 Å². The number of aliphatic hydroxyl groups excluding tert-OH is 3. The third-order valence-electron chi connectivity index (χ3n) is 8.57. The van der Waals surface area contributed by atoms with Gasteiger partial charge < -0.3 is 25.2 Å². The summed E-state index contributed by atoms with van der Waals surface area (Å²) in [6.45, 7) is 7.90. The Kier molecular flexibility index (Phi) is 4.58. The fourth-order valence-electron chi connectivity index (χ4n) is 6.96. The van der Waals surface area contributed by atoms with Gasteiger partial charge in [0.1, 0.15) is 17.1 Å². The molecule has 3 aliphatic rings. The average molecular weight is 405 g/mol. The van der Waals surface area contributed by atoms with Crippen LogP contribution < -0.4 is 4.74 Å². The maximum Gasteiger partial charge on any atom is 0.154 e. The van der Waals surface area contributed by atoms with Gasteiger partial charge in [0.15, 0.2) is 6.29 Å². The number of hydrogen-bond donors (Lipinski definition) is 4. The first-order chi connectivity index (χ1) is 13.5. The summed E-state index contributed by atoms with van der Waals surface area (Å²) in [6, 6.07) is 1.45. The van der Waals surface area contributed by atoms with E-state index in [-0.39, 0.29) is 29.8 Å². The summed E-state index contributed by atoms with van der Waals surface area (Å²) in [4.78, 5) is 11.8. The number of rotatable bonds is 2. The summed E-state index contributed by atoms with van der Waals surface area (Å²) in [5.41, 5.74) is -0.443. The number of fused-ring (bicyclic) bond motifs is 3. The molecular weight excluding hydrogens is 372 g/mol. The van der Waals surface area contributed by atoms with Crippen molar-refractivity contribution in [2.45, 2.75) is 77.8 Å². The molecule has 1 aromatic carbocycles. The maximum atomic E-state index is 11.8. The quantitative estimate of drug-likeness (QED) is 0.565. The lowest BCUT2D eigenvalue weighted by Gasteiger charge is -2.64. The molecule has 2 aliphatic carbocycles. The molecule has 1 aromatic rings. The van der Waals surface area contributed by atoms with Crippen LogP contribution in [0.25, 0.3) is 0 Å². The number of carbonyl (C=O) groups is 1. The standard InChI is InChI=1S/C23H32O6/c1-12-5-6-18-21(2,3)20(28)17(27)9-22(18,4)23(12)8-14-16(26)7-13(10-24)15(11-25)19(14)29-23/h7,11-12,17-18,20,24,26-28H,5-6,8-10H2,1-4H3/t12-,17+,18+,20-,22+,23-/m1/s1. The summed E-state index contributed by atoms with van der Waals surface area (Å²) in [5.74, 6) is 0.625. The monoisotopic (exact) mass is 404 g/mol. The first kappa shape index (κ1) is 20.6. The Hall–Kier alpha value is -1.63. The van der Waals surface area contributed by atoms with Crippen LogP contribution in [0.5, 0.6) is 11.5 Å². The molecule has 4 rings (SSSR count). The topological polar surface area (TPSA) is 107 Å². The molecule has 0 bridgehead atoms. The van der Waals surface area contributed by atoms with Gasteiger partial charge in [-0.15, -0.1) is 0 Å². The molecule has 0 radical (unpaired) electrons. The second-order valence-corrected chi connectivity index (χ2v) is 10.2. The van der Waals surface area contributed by atoms with Crippen LogP contribution in [0.3, 0.4) is 0 Å². The minimum atomic E-state index is -0.868. The number of aromatic hydroxyl groups is 1. The summed E-state index contributed by atoms with van der Waals surface area (Å²) in [5, 5.41) is 41.8. The average Bonchev–Trinajstić information content (AvgIpc) is 3.07. The van der Waals surface area contributed by atoms with Crippen LogP contribution in [-0.2, 0) is 13.0 Å². The number of aliphatic hydroxyl groups is 3. The SMILES string of the molecule is C[C@@H]1CC[C@H]2C(C)(C)[C@H](O)[C@@H](O)C[C@]2(C)[C@@]12Cc1c(O)cc(CO)c(C=O)c1O2. The van der Waals surface area contributed by atoms with Gasteiger partial charge in [-0.2, -0.15) is 0 Å². The second-order valence-electron chi connectivity index (χ2n) is 10.2. The number of benzene rings is 1. The van der Waals surface area contributed by atoms with E-state index in [4.69, 9.17) is 4.74 Å². The summed E-state index contributed by atoms with van der Waals surface area (Å²) < 4.78 is 6.65. The summed E-state index contributed by atoms with van der Waals surface area (Å²) >= 11 is 0. The van der Waals surface area contributed by atoms with Crippen LogP contribution >= 0.6 is 0 Å². The first-order valence-corrected chi connectivity index (χ1v) is 10.5. The van der Waals surface area contributed by atoms with Gasteiger partial charge in [-0.3, -0.25) is 4.79 Å². The number of ether oxygens (including phenoxy) is 1. The number of carbonyl (C=O) groups excluding carboxylic acids is 1. The fourth-order valence-corrected chi connectivity index (χ4v) is 6.96. The van der Waals surface area contributed by atoms with E-state index >= 15 is 0 Å². The van der Waals surface area contributed by atoms with Crippen molar-refractivity contribution < 1.29 is 30.0 Å². The highest BCUT2D eigenvalue weighted by molar-refractivity contribution is 5.84. The molecule has 0 amide bonds. The smallest absolute Gasteiger partial charge is 0.154 e. The van der Waals surface area contributed by atoms with Gasteiger partial charge >= 0.3 is 0 Å². The van der Waals surface area contributed by atoms with Gasteiger partial charge in [0.05, 0.1) is 24.4 Å². The van der Waals surface area contributed by atoms with Crippen LogP contribution in [0, 0.1) is 22.7 Å². The zero-order valence-electron chi connectivity index (χ0n) is 17.6. The summed E-state index contributed by atoms with van der Waals surface area (Å²) in [7, 11) is 0. The molecule has 1 heterocycles. The molecule has 6 heteroatoms. The molecule has 4 N–H and O–H groups in total. The van der Waals surface area contributed by atoms with E-state index in [0.29, 0.717) is 36.0 Å². The van der Waals surface area contributed by atoms with Crippen LogP contribution in [-0.4, -0.2) is 44.5 Å². The van der Waals surface area contributed by atoms with Crippen LogP contribution in [0.15, 0.2) is 6.07 Å². The van der Waals surface area contributed by atoms with Crippen molar-refractivity contribution in [1.82, 2.24) is 0 Å². The Morgan fingerprint density at radius 3 is 2.55 bits per heavy atom. The van der Waals surface area contributed by atoms with Crippen molar-refractivity contribution >= 4 is 6.29 Å².